The molecular weight excluding hydrogens is 300 g/mol. The molecule has 6 heteroatoms. The van der Waals surface area contributed by atoms with Crippen molar-refractivity contribution in [1.82, 2.24) is 5.32 Å². The SMILES string of the molecule is COc1cccc(OC)c1CC(=O)NC(C#N)c1ccsc1. The summed E-state index contributed by atoms with van der Waals surface area (Å²) < 4.78 is 10.5. The standard InChI is InChI=1S/C16H16N2O3S/c1-20-14-4-3-5-15(21-2)12(14)8-16(19)18-13(9-17)11-6-7-22-10-11/h3-7,10,13H,8H2,1-2H3,(H,18,19). The van der Waals surface area contributed by atoms with Crippen LogP contribution in [0.2, 0.25) is 0 Å². The smallest absolute Gasteiger partial charge is 0.225 e. The number of carbonyl (C=O) groups excluding carboxylic acids is 1. The van der Waals surface area contributed by atoms with E-state index in [1.54, 1.807) is 32.4 Å². The van der Waals surface area contributed by atoms with Gasteiger partial charge in [0.05, 0.1) is 26.7 Å². The fraction of sp³-hybridized carbons (Fsp3) is 0.250. The lowest BCUT2D eigenvalue weighted by Crippen LogP contribution is -2.29. The van der Waals surface area contributed by atoms with Crippen LogP contribution in [0.1, 0.15) is 17.2 Å². The Kier molecular flexibility index (Phi) is 5.39. The first kappa shape index (κ1) is 15.9. The quantitative estimate of drug-likeness (QED) is 0.889. The molecule has 0 fully saturated rings. The van der Waals surface area contributed by atoms with Crippen LogP contribution in [0.4, 0.5) is 0 Å². The van der Waals surface area contributed by atoms with Crippen LogP contribution >= 0.6 is 11.3 Å². The number of methoxy groups -OCH3 is 2. The fourth-order valence-electron chi connectivity index (χ4n) is 2.10. The number of nitrogens with zero attached hydrogens (tertiary/aromatic N) is 1. The lowest BCUT2D eigenvalue weighted by Gasteiger charge is -2.14. The Morgan fingerprint density at radius 2 is 2.00 bits per heavy atom. The molecule has 1 aromatic carbocycles. The maximum Gasteiger partial charge on any atom is 0.225 e. The number of nitrogens with one attached hydrogen (secondary N) is 1. The van der Waals surface area contributed by atoms with Gasteiger partial charge in [0, 0.05) is 5.56 Å². The summed E-state index contributed by atoms with van der Waals surface area (Å²) in [6.45, 7) is 0. The minimum atomic E-state index is -0.653. The summed E-state index contributed by atoms with van der Waals surface area (Å²) in [6.07, 6.45) is 0.0789. The van der Waals surface area contributed by atoms with Crippen molar-refractivity contribution < 1.29 is 14.3 Å². The molecule has 1 aromatic heterocycles. The van der Waals surface area contributed by atoms with Crippen molar-refractivity contribution in [2.75, 3.05) is 14.2 Å². The maximum atomic E-state index is 12.2. The third kappa shape index (κ3) is 3.57. The van der Waals surface area contributed by atoms with Crippen molar-refractivity contribution in [2.45, 2.75) is 12.5 Å². The number of thiophene rings is 1. The summed E-state index contributed by atoms with van der Waals surface area (Å²) >= 11 is 1.48. The van der Waals surface area contributed by atoms with Gasteiger partial charge in [0.2, 0.25) is 5.91 Å². The van der Waals surface area contributed by atoms with E-state index in [-0.39, 0.29) is 12.3 Å². The Morgan fingerprint density at radius 3 is 2.50 bits per heavy atom. The highest BCUT2D eigenvalue weighted by Gasteiger charge is 2.18. The zero-order valence-corrected chi connectivity index (χ0v) is 13.1. The summed E-state index contributed by atoms with van der Waals surface area (Å²) in [7, 11) is 3.08. The van der Waals surface area contributed by atoms with Gasteiger partial charge in [-0.15, -0.1) is 0 Å². The number of amides is 1. The molecule has 0 spiro atoms. The Bertz CT molecular complexity index is 655. The van der Waals surface area contributed by atoms with Gasteiger partial charge in [0.15, 0.2) is 0 Å². The first-order chi connectivity index (χ1) is 10.7. The van der Waals surface area contributed by atoms with Crippen LogP contribution in [0.3, 0.4) is 0 Å². The number of ether oxygens (including phenoxy) is 2. The van der Waals surface area contributed by atoms with E-state index in [1.165, 1.54) is 11.3 Å². The molecule has 1 amide bonds. The van der Waals surface area contributed by atoms with Crippen molar-refractivity contribution in [3.05, 3.63) is 46.2 Å². The average Bonchev–Trinajstić information content (AvgIpc) is 3.07. The summed E-state index contributed by atoms with van der Waals surface area (Å²) in [5.74, 6) is 0.901. The maximum absolute atomic E-state index is 12.2. The minimum Gasteiger partial charge on any atom is -0.496 e. The number of benzene rings is 1. The minimum absolute atomic E-state index is 0.0789. The third-order valence-electron chi connectivity index (χ3n) is 3.18. The van der Waals surface area contributed by atoms with Gasteiger partial charge in [-0.2, -0.15) is 16.6 Å². The molecule has 114 valence electrons. The Morgan fingerprint density at radius 1 is 1.32 bits per heavy atom. The molecule has 2 aromatic rings. The van der Waals surface area contributed by atoms with Gasteiger partial charge < -0.3 is 14.8 Å². The number of carbonyl (C=O) groups is 1. The van der Waals surface area contributed by atoms with E-state index in [1.807, 2.05) is 16.8 Å². The highest BCUT2D eigenvalue weighted by atomic mass is 32.1. The van der Waals surface area contributed by atoms with Crippen molar-refractivity contribution in [3.8, 4) is 17.6 Å². The summed E-state index contributed by atoms with van der Waals surface area (Å²) in [5, 5.41) is 15.6. The lowest BCUT2D eigenvalue weighted by atomic mass is 10.1. The van der Waals surface area contributed by atoms with Crippen molar-refractivity contribution in [3.63, 3.8) is 0 Å². The fourth-order valence-corrected chi connectivity index (χ4v) is 2.79. The molecule has 0 saturated carbocycles. The zero-order chi connectivity index (χ0) is 15.9. The molecule has 1 unspecified atom stereocenters. The summed E-state index contributed by atoms with van der Waals surface area (Å²) in [5.41, 5.74) is 1.44. The molecule has 0 saturated heterocycles. The highest BCUT2D eigenvalue weighted by Crippen LogP contribution is 2.28. The zero-order valence-electron chi connectivity index (χ0n) is 12.3. The Balaban J connectivity index is 2.14. The van der Waals surface area contributed by atoms with Crippen LogP contribution in [0, 0.1) is 11.3 Å². The molecule has 0 radical (unpaired) electrons. The monoisotopic (exact) mass is 316 g/mol. The van der Waals surface area contributed by atoms with Gasteiger partial charge in [-0.05, 0) is 34.5 Å². The van der Waals surface area contributed by atoms with E-state index in [0.29, 0.717) is 17.1 Å². The van der Waals surface area contributed by atoms with Crippen molar-refractivity contribution in [1.29, 1.82) is 5.26 Å². The number of rotatable bonds is 6. The summed E-state index contributed by atoms with van der Waals surface area (Å²) in [4.78, 5) is 12.2. The first-order valence-electron chi connectivity index (χ1n) is 6.60. The van der Waals surface area contributed by atoms with Crippen molar-refractivity contribution >= 4 is 17.2 Å². The topological polar surface area (TPSA) is 71.3 Å². The average molecular weight is 316 g/mol. The van der Waals surface area contributed by atoms with Gasteiger partial charge in [-0.25, -0.2) is 0 Å². The van der Waals surface area contributed by atoms with Gasteiger partial charge in [0.1, 0.15) is 17.5 Å². The van der Waals surface area contributed by atoms with E-state index in [4.69, 9.17) is 9.47 Å². The molecule has 2 rings (SSSR count). The molecule has 0 bridgehead atoms. The van der Waals surface area contributed by atoms with Crippen LogP contribution in [0.25, 0.3) is 0 Å². The molecule has 0 aliphatic rings. The van der Waals surface area contributed by atoms with Crippen LogP contribution in [0.5, 0.6) is 11.5 Å². The molecular formula is C16H16N2O3S. The second kappa shape index (κ2) is 7.48. The van der Waals surface area contributed by atoms with E-state index in [2.05, 4.69) is 11.4 Å². The number of nitriles is 1. The van der Waals surface area contributed by atoms with Crippen LogP contribution < -0.4 is 14.8 Å². The van der Waals surface area contributed by atoms with E-state index >= 15 is 0 Å². The van der Waals surface area contributed by atoms with Crippen LogP contribution in [-0.2, 0) is 11.2 Å². The highest BCUT2D eigenvalue weighted by molar-refractivity contribution is 7.08. The largest absolute Gasteiger partial charge is 0.496 e. The second-order valence-corrected chi connectivity index (χ2v) is 5.28. The molecule has 1 heterocycles. The van der Waals surface area contributed by atoms with Crippen LogP contribution in [0.15, 0.2) is 35.0 Å². The summed E-state index contributed by atoms with van der Waals surface area (Å²) in [6, 6.07) is 8.59. The molecule has 0 aliphatic carbocycles. The third-order valence-corrected chi connectivity index (χ3v) is 3.88. The number of hydrogen-bond donors (Lipinski definition) is 1. The normalized spacial score (nSPS) is 11.3. The van der Waals surface area contributed by atoms with E-state index < -0.39 is 6.04 Å². The lowest BCUT2D eigenvalue weighted by molar-refractivity contribution is -0.120. The molecule has 0 aliphatic heterocycles. The van der Waals surface area contributed by atoms with E-state index in [9.17, 15) is 10.1 Å². The second-order valence-electron chi connectivity index (χ2n) is 4.50. The molecule has 1 atom stereocenters. The van der Waals surface area contributed by atoms with Gasteiger partial charge >= 0.3 is 0 Å². The van der Waals surface area contributed by atoms with Gasteiger partial charge in [-0.1, -0.05) is 6.07 Å². The predicted molar refractivity (Wildman–Crippen MR) is 84.1 cm³/mol. The van der Waals surface area contributed by atoms with Crippen molar-refractivity contribution in [2.24, 2.45) is 0 Å². The molecule has 22 heavy (non-hydrogen) atoms. The van der Waals surface area contributed by atoms with E-state index in [0.717, 1.165) is 5.56 Å². The van der Waals surface area contributed by atoms with Gasteiger partial charge in [-0.3, -0.25) is 4.79 Å². The first-order valence-corrected chi connectivity index (χ1v) is 7.54. The van der Waals surface area contributed by atoms with Gasteiger partial charge in [0.25, 0.3) is 0 Å². The molecule has 5 nitrogen and oxygen atoms in total. The Labute approximate surface area is 133 Å². The molecule has 1 N–H and O–H groups in total. The van der Waals surface area contributed by atoms with Crippen LogP contribution in [-0.4, -0.2) is 20.1 Å². The predicted octanol–water partition coefficient (Wildman–Crippen LogP) is 2.69. The number of hydrogen-bond acceptors (Lipinski definition) is 5. The Hall–Kier alpha value is -2.52.